The summed E-state index contributed by atoms with van der Waals surface area (Å²) in [5.74, 6) is -0.976. The zero-order valence-corrected chi connectivity index (χ0v) is 12.5. The van der Waals surface area contributed by atoms with E-state index in [0.29, 0.717) is 5.56 Å². The van der Waals surface area contributed by atoms with Crippen LogP contribution >= 0.6 is 0 Å². The van der Waals surface area contributed by atoms with Gasteiger partial charge in [0.25, 0.3) is 0 Å². The van der Waals surface area contributed by atoms with Crippen LogP contribution in [-0.4, -0.2) is 29.9 Å². The Balaban J connectivity index is 2.12. The minimum absolute atomic E-state index is 0.0284. The molecule has 0 aliphatic rings. The maximum atomic E-state index is 12.4. The van der Waals surface area contributed by atoms with Crippen LogP contribution < -0.4 is 5.32 Å². The van der Waals surface area contributed by atoms with Gasteiger partial charge >= 0.3 is 5.97 Å². The number of carbonyl (C=O) groups is 2. The quantitative estimate of drug-likeness (QED) is 0.771. The molecule has 0 amide bonds. The zero-order valence-electron chi connectivity index (χ0n) is 12.5. The number of hydrogen-bond acceptors (Lipinski definition) is 3. The summed E-state index contributed by atoms with van der Waals surface area (Å²) in [6.07, 6.45) is 0.254. The lowest BCUT2D eigenvalue weighted by atomic mass is 9.97. The number of ketones is 1. The normalized spacial score (nSPS) is 11.9. The number of carbonyl (C=O) groups excluding carboxylic acids is 1. The first-order valence-electron chi connectivity index (χ1n) is 7.20. The molecule has 1 atom stereocenters. The molecule has 0 aliphatic heterocycles. The predicted molar refractivity (Wildman–Crippen MR) is 85.9 cm³/mol. The standard InChI is InChI=1S/C18H19NO3/c1-19-16(11-12-17(20)21)18(22)15-9-7-14(8-10-15)13-5-3-2-4-6-13/h2-10,16,19H,11-12H2,1H3,(H,20,21). The van der Waals surface area contributed by atoms with Crippen LogP contribution in [0.25, 0.3) is 11.1 Å². The molecule has 2 aromatic carbocycles. The van der Waals surface area contributed by atoms with Crippen molar-refractivity contribution in [3.8, 4) is 11.1 Å². The second-order valence-electron chi connectivity index (χ2n) is 5.08. The Bertz CT molecular complexity index is 635. The van der Waals surface area contributed by atoms with Gasteiger partial charge in [-0.05, 0) is 24.6 Å². The average Bonchev–Trinajstić information content (AvgIpc) is 2.56. The fourth-order valence-corrected chi connectivity index (χ4v) is 2.33. The Morgan fingerprint density at radius 1 is 1.00 bits per heavy atom. The number of Topliss-reactive ketones (excluding diaryl/α,β-unsaturated/α-hetero) is 1. The van der Waals surface area contributed by atoms with Crippen LogP contribution in [0, 0.1) is 0 Å². The summed E-state index contributed by atoms with van der Waals surface area (Å²) in [4.78, 5) is 23.0. The summed E-state index contributed by atoms with van der Waals surface area (Å²) in [5, 5.41) is 11.6. The van der Waals surface area contributed by atoms with Crippen molar-refractivity contribution < 1.29 is 14.7 Å². The van der Waals surface area contributed by atoms with Crippen LogP contribution in [0.4, 0.5) is 0 Å². The van der Waals surface area contributed by atoms with Gasteiger partial charge in [-0.1, -0.05) is 54.6 Å². The molecule has 2 N–H and O–H groups in total. The van der Waals surface area contributed by atoms with Crippen LogP contribution in [0.15, 0.2) is 54.6 Å². The van der Waals surface area contributed by atoms with Gasteiger partial charge in [-0.25, -0.2) is 0 Å². The Kier molecular flexibility index (Phi) is 5.44. The van der Waals surface area contributed by atoms with Gasteiger partial charge in [-0.2, -0.15) is 0 Å². The zero-order chi connectivity index (χ0) is 15.9. The van der Waals surface area contributed by atoms with Gasteiger partial charge < -0.3 is 10.4 Å². The molecule has 0 fully saturated rings. The highest BCUT2D eigenvalue weighted by molar-refractivity contribution is 6.00. The van der Waals surface area contributed by atoms with E-state index in [1.54, 1.807) is 19.2 Å². The van der Waals surface area contributed by atoms with Crippen molar-refractivity contribution in [2.45, 2.75) is 18.9 Å². The SMILES string of the molecule is CNC(CCC(=O)O)C(=O)c1ccc(-c2ccccc2)cc1. The van der Waals surface area contributed by atoms with Crippen molar-refractivity contribution in [1.82, 2.24) is 5.32 Å². The van der Waals surface area contributed by atoms with E-state index in [0.717, 1.165) is 11.1 Å². The molecule has 0 spiro atoms. The van der Waals surface area contributed by atoms with Crippen LogP contribution in [0.5, 0.6) is 0 Å². The smallest absolute Gasteiger partial charge is 0.303 e. The lowest BCUT2D eigenvalue weighted by Crippen LogP contribution is -2.34. The molecule has 0 aliphatic carbocycles. The lowest BCUT2D eigenvalue weighted by molar-refractivity contribution is -0.137. The number of hydrogen-bond donors (Lipinski definition) is 2. The number of likely N-dealkylation sites (N-methyl/N-ethyl adjacent to an activating group) is 1. The van der Waals surface area contributed by atoms with Gasteiger partial charge in [0.15, 0.2) is 5.78 Å². The number of aliphatic carboxylic acids is 1. The Morgan fingerprint density at radius 2 is 1.59 bits per heavy atom. The van der Waals surface area contributed by atoms with Crippen molar-refractivity contribution in [2.24, 2.45) is 0 Å². The molecular formula is C18H19NO3. The van der Waals surface area contributed by atoms with E-state index in [1.165, 1.54) is 0 Å². The average molecular weight is 297 g/mol. The first-order chi connectivity index (χ1) is 10.6. The molecule has 0 bridgehead atoms. The minimum Gasteiger partial charge on any atom is -0.481 e. The predicted octanol–water partition coefficient (Wildman–Crippen LogP) is 2.99. The van der Waals surface area contributed by atoms with Crippen LogP contribution in [-0.2, 0) is 4.79 Å². The first-order valence-corrected chi connectivity index (χ1v) is 7.20. The Morgan fingerprint density at radius 3 is 2.14 bits per heavy atom. The van der Waals surface area contributed by atoms with Crippen molar-refractivity contribution in [3.63, 3.8) is 0 Å². The molecular weight excluding hydrogens is 278 g/mol. The molecule has 0 radical (unpaired) electrons. The summed E-state index contributed by atoms with van der Waals surface area (Å²) in [5.41, 5.74) is 2.73. The third-order valence-electron chi connectivity index (χ3n) is 3.59. The fourth-order valence-electron chi connectivity index (χ4n) is 2.33. The molecule has 2 aromatic rings. The maximum Gasteiger partial charge on any atom is 0.303 e. The number of carboxylic acids is 1. The summed E-state index contributed by atoms with van der Waals surface area (Å²) in [6, 6.07) is 16.8. The topological polar surface area (TPSA) is 66.4 Å². The van der Waals surface area contributed by atoms with E-state index in [4.69, 9.17) is 5.11 Å². The monoisotopic (exact) mass is 297 g/mol. The van der Waals surface area contributed by atoms with E-state index in [-0.39, 0.29) is 18.6 Å². The summed E-state index contributed by atoms with van der Waals surface area (Å²) in [6.45, 7) is 0. The second kappa shape index (κ2) is 7.52. The molecule has 0 saturated carbocycles. The second-order valence-corrected chi connectivity index (χ2v) is 5.08. The molecule has 4 nitrogen and oxygen atoms in total. The molecule has 22 heavy (non-hydrogen) atoms. The molecule has 1 unspecified atom stereocenters. The molecule has 0 saturated heterocycles. The van der Waals surface area contributed by atoms with Crippen molar-refractivity contribution in [2.75, 3.05) is 7.05 Å². The minimum atomic E-state index is -0.896. The van der Waals surface area contributed by atoms with E-state index in [2.05, 4.69) is 5.32 Å². The van der Waals surface area contributed by atoms with E-state index < -0.39 is 12.0 Å². The molecule has 4 heteroatoms. The molecule has 114 valence electrons. The summed E-state index contributed by atoms with van der Waals surface area (Å²) >= 11 is 0. The van der Waals surface area contributed by atoms with Crippen LogP contribution in [0.2, 0.25) is 0 Å². The largest absolute Gasteiger partial charge is 0.481 e. The van der Waals surface area contributed by atoms with Gasteiger partial charge in [-0.3, -0.25) is 9.59 Å². The highest BCUT2D eigenvalue weighted by atomic mass is 16.4. The summed E-state index contributed by atoms with van der Waals surface area (Å²) in [7, 11) is 1.67. The third-order valence-corrected chi connectivity index (χ3v) is 3.59. The van der Waals surface area contributed by atoms with Gasteiger partial charge in [0.1, 0.15) is 0 Å². The number of nitrogens with one attached hydrogen (secondary N) is 1. The number of benzene rings is 2. The lowest BCUT2D eigenvalue weighted by Gasteiger charge is -2.14. The highest BCUT2D eigenvalue weighted by Crippen LogP contribution is 2.20. The Labute approximate surface area is 129 Å². The number of carboxylic acid groups (broad SMARTS) is 1. The van der Waals surface area contributed by atoms with E-state index in [9.17, 15) is 9.59 Å². The summed E-state index contributed by atoms with van der Waals surface area (Å²) < 4.78 is 0. The number of rotatable bonds is 7. The first kappa shape index (κ1) is 15.9. The molecule has 2 rings (SSSR count). The van der Waals surface area contributed by atoms with Gasteiger partial charge in [0.05, 0.1) is 6.04 Å². The van der Waals surface area contributed by atoms with Crippen LogP contribution in [0.3, 0.4) is 0 Å². The van der Waals surface area contributed by atoms with Crippen molar-refractivity contribution >= 4 is 11.8 Å². The van der Waals surface area contributed by atoms with Crippen molar-refractivity contribution in [3.05, 3.63) is 60.2 Å². The maximum absolute atomic E-state index is 12.4. The van der Waals surface area contributed by atoms with Crippen LogP contribution in [0.1, 0.15) is 23.2 Å². The third kappa shape index (κ3) is 4.02. The van der Waals surface area contributed by atoms with E-state index >= 15 is 0 Å². The van der Waals surface area contributed by atoms with E-state index in [1.807, 2.05) is 42.5 Å². The van der Waals surface area contributed by atoms with Gasteiger partial charge in [0, 0.05) is 12.0 Å². The Hall–Kier alpha value is -2.46. The van der Waals surface area contributed by atoms with Gasteiger partial charge in [-0.15, -0.1) is 0 Å². The van der Waals surface area contributed by atoms with Gasteiger partial charge in [0.2, 0.25) is 0 Å². The fraction of sp³-hybridized carbons (Fsp3) is 0.222. The molecule has 0 heterocycles. The molecule has 0 aromatic heterocycles. The van der Waals surface area contributed by atoms with Crippen molar-refractivity contribution in [1.29, 1.82) is 0 Å². The highest BCUT2D eigenvalue weighted by Gasteiger charge is 2.19.